The second kappa shape index (κ2) is 5.63. The van der Waals surface area contributed by atoms with Crippen LogP contribution in [0.4, 0.5) is 0 Å². The topological polar surface area (TPSA) is 0 Å². The van der Waals surface area contributed by atoms with Gasteiger partial charge in [-0.3, -0.25) is 0 Å². The first kappa shape index (κ1) is 15.2. The van der Waals surface area contributed by atoms with Gasteiger partial charge in [0.05, 0.1) is 0 Å². The molecule has 0 saturated carbocycles. The number of hydrogen-bond donors (Lipinski definition) is 0. The Morgan fingerprint density at radius 2 is 0.833 bits per heavy atom. The molecule has 0 saturated heterocycles. The average Bonchev–Trinajstić information content (AvgIpc) is 2.60. The van der Waals surface area contributed by atoms with Crippen LogP contribution in [0.5, 0.6) is 0 Å². The highest BCUT2D eigenvalue weighted by Crippen LogP contribution is 2.41. The zero-order chi connectivity index (χ0) is 16.8. The van der Waals surface area contributed by atoms with Gasteiger partial charge in [0, 0.05) is 0 Å². The van der Waals surface area contributed by atoms with Gasteiger partial charge in [-0.05, 0) is 55.3 Å². The Balaban J connectivity index is 2.40. The first-order chi connectivity index (χ1) is 11.6. The van der Waals surface area contributed by atoms with E-state index in [1.165, 1.54) is 43.4 Å². The summed E-state index contributed by atoms with van der Waals surface area (Å²) in [5.41, 5.74) is 2.91. The molecule has 0 bridgehead atoms. The summed E-state index contributed by atoms with van der Waals surface area (Å²) in [5.74, 6) is 1.02. The third-order valence-corrected chi connectivity index (χ3v) is 5.19. The van der Waals surface area contributed by atoms with Crippen molar-refractivity contribution >= 4 is 32.3 Å². The van der Waals surface area contributed by atoms with Gasteiger partial charge < -0.3 is 0 Å². The molecule has 0 heterocycles. The Hall–Kier alpha value is -2.34. The molecule has 0 fully saturated rings. The summed E-state index contributed by atoms with van der Waals surface area (Å²) >= 11 is 0. The van der Waals surface area contributed by atoms with E-state index in [2.05, 4.69) is 88.4 Å². The highest BCUT2D eigenvalue weighted by molar-refractivity contribution is 6.27. The maximum atomic E-state index is 2.30. The third-order valence-electron chi connectivity index (χ3n) is 5.19. The van der Waals surface area contributed by atoms with Crippen molar-refractivity contribution in [1.29, 1.82) is 0 Å². The standard InChI is InChI=1S/C24H24/c1-15(2)17-11-7-13-21-19-9-5-6-10-20(19)22-14-8-12-18(16(3)4)24(22)23(17)21/h5-16H,1-4H3. The zero-order valence-corrected chi connectivity index (χ0v) is 14.9. The van der Waals surface area contributed by atoms with Gasteiger partial charge in [-0.25, -0.2) is 0 Å². The van der Waals surface area contributed by atoms with Crippen LogP contribution < -0.4 is 0 Å². The highest BCUT2D eigenvalue weighted by Gasteiger charge is 2.16. The van der Waals surface area contributed by atoms with E-state index in [4.69, 9.17) is 0 Å². The molecular weight excluding hydrogens is 288 g/mol. The number of fused-ring (bicyclic) bond motifs is 6. The minimum atomic E-state index is 0.512. The fraction of sp³-hybridized carbons (Fsp3) is 0.250. The lowest BCUT2D eigenvalue weighted by atomic mass is 9.84. The van der Waals surface area contributed by atoms with Gasteiger partial charge in [0.25, 0.3) is 0 Å². The van der Waals surface area contributed by atoms with Crippen LogP contribution in [0.1, 0.15) is 50.7 Å². The first-order valence-corrected chi connectivity index (χ1v) is 8.95. The molecule has 4 aromatic rings. The molecule has 0 radical (unpaired) electrons. The predicted molar refractivity (Wildman–Crippen MR) is 107 cm³/mol. The predicted octanol–water partition coefficient (Wildman–Crippen LogP) is 7.39. The van der Waals surface area contributed by atoms with Crippen LogP contribution in [0, 0.1) is 0 Å². The molecule has 0 heteroatoms. The molecule has 24 heavy (non-hydrogen) atoms. The molecule has 0 aliphatic heterocycles. The van der Waals surface area contributed by atoms with Gasteiger partial charge in [-0.1, -0.05) is 88.4 Å². The first-order valence-electron chi connectivity index (χ1n) is 8.95. The Bertz CT molecular complexity index is 965. The molecule has 0 nitrogen and oxygen atoms in total. The largest absolute Gasteiger partial charge is 0.0616 e. The maximum Gasteiger partial charge on any atom is -0.00614 e. The molecule has 0 atom stereocenters. The van der Waals surface area contributed by atoms with E-state index in [0.717, 1.165) is 0 Å². The van der Waals surface area contributed by atoms with Crippen LogP contribution in [-0.4, -0.2) is 0 Å². The van der Waals surface area contributed by atoms with E-state index in [-0.39, 0.29) is 0 Å². The summed E-state index contributed by atoms with van der Waals surface area (Å²) in [6.07, 6.45) is 0. The van der Waals surface area contributed by atoms with Crippen molar-refractivity contribution in [3.8, 4) is 0 Å². The SMILES string of the molecule is CC(C)c1cccc2c3ccccc3c3cccc(C(C)C)c3c12. The molecule has 0 spiro atoms. The maximum absolute atomic E-state index is 2.30. The lowest BCUT2D eigenvalue weighted by Crippen LogP contribution is -1.96. The van der Waals surface area contributed by atoms with Crippen LogP contribution in [0.2, 0.25) is 0 Å². The minimum absolute atomic E-state index is 0.512. The lowest BCUT2D eigenvalue weighted by Gasteiger charge is -2.19. The van der Waals surface area contributed by atoms with Crippen molar-refractivity contribution in [2.24, 2.45) is 0 Å². The minimum Gasteiger partial charge on any atom is -0.0616 e. The normalized spacial score (nSPS) is 12.1. The summed E-state index contributed by atoms with van der Waals surface area (Å²) in [6, 6.07) is 22.5. The fourth-order valence-corrected chi connectivity index (χ4v) is 4.06. The summed E-state index contributed by atoms with van der Waals surface area (Å²) in [7, 11) is 0. The zero-order valence-electron chi connectivity index (χ0n) is 14.9. The van der Waals surface area contributed by atoms with Crippen LogP contribution in [-0.2, 0) is 0 Å². The third kappa shape index (κ3) is 2.13. The fourth-order valence-electron chi connectivity index (χ4n) is 4.06. The Morgan fingerprint density at radius 1 is 0.458 bits per heavy atom. The molecule has 0 aliphatic carbocycles. The molecule has 120 valence electrons. The Morgan fingerprint density at radius 3 is 1.21 bits per heavy atom. The molecule has 0 aliphatic rings. The molecule has 0 N–H and O–H groups in total. The van der Waals surface area contributed by atoms with Crippen molar-refractivity contribution in [2.45, 2.75) is 39.5 Å². The molecule has 0 unspecified atom stereocenters. The summed E-state index contributed by atoms with van der Waals surface area (Å²) in [5, 5.41) is 8.40. The van der Waals surface area contributed by atoms with Crippen molar-refractivity contribution in [1.82, 2.24) is 0 Å². The highest BCUT2D eigenvalue weighted by atomic mass is 14.2. The van der Waals surface area contributed by atoms with E-state index < -0.39 is 0 Å². The molecular formula is C24H24. The lowest BCUT2D eigenvalue weighted by molar-refractivity contribution is 0.871. The Kier molecular flexibility index (Phi) is 3.57. The molecule has 4 rings (SSSR count). The van der Waals surface area contributed by atoms with Gasteiger partial charge in [-0.15, -0.1) is 0 Å². The van der Waals surface area contributed by atoms with Crippen molar-refractivity contribution in [3.05, 3.63) is 71.8 Å². The second-order valence-corrected chi connectivity index (χ2v) is 7.39. The van der Waals surface area contributed by atoms with E-state index in [1.54, 1.807) is 0 Å². The Labute approximate surface area is 144 Å². The smallest absolute Gasteiger partial charge is 0.00614 e. The van der Waals surface area contributed by atoms with Crippen molar-refractivity contribution < 1.29 is 0 Å². The van der Waals surface area contributed by atoms with E-state index in [0.29, 0.717) is 11.8 Å². The van der Waals surface area contributed by atoms with Crippen LogP contribution in [0.3, 0.4) is 0 Å². The molecule has 0 aromatic heterocycles. The van der Waals surface area contributed by atoms with Crippen LogP contribution >= 0.6 is 0 Å². The van der Waals surface area contributed by atoms with E-state index in [1.807, 2.05) is 0 Å². The van der Waals surface area contributed by atoms with Crippen LogP contribution in [0.15, 0.2) is 60.7 Å². The van der Waals surface area contributed by atoms with Crippen molar-refractivity contribution in [2.75, 3.05) is 0 Å². The number of hydrogen-bond acceptors (Lipinski definition) is 0. The molecule has 4 aromatic carbocycles. The van der Waals surface area contributed by atoms with E-state index >= 15 is 0 Å². The summed E-state index contributed by atoms with van der Waals surface area (Å²) in [4.78, 5) is 0. The van der Waals surface area contributed by atoms with Crippen LogP contribution in [0.25, 0.3) is 32.3 Å². The van der Waals surface area contributed by atoms with Gasteiger partial charge in [0.1, 0.15) is 0 Å². The number of rotatable bonds is 2. The van der Waals surface area contributed by atoms with Gasteiger partial charge >= 0.3 is 0 Å². The number of benzene rings is 4. The second-order valence-electron chi connectivity index (χ2n) is 7.39. The van der Waals surface area contributed by atoms with Gasteiger partial charge in [-0.2, -0.15) is 0 Å². The van der Waals surface area contributed by atoms with Gasteiger partial charge in [0.2, 0.25) is 0 Å². The average molecular weight is 312 g/mol. The summed E-state index contributed by atoms with van der Waals surface area (Å²) < 4.78 is 0. The van der Waals surface area contributed by atoms with Gasteiger partial charge in [0.15, 0.2) is 0 Å². The monoisotopic (exact) mass is 312 g/mol. The van der Waals surface area contributed by atoms with E-state index in [9.17, 15) is 0 Å². The summed E-state index contributed by atoms with van der Waals surface area (Å²) in [6.45, 7) is 9.20. The molecule has 0 amide bonds. The van der Waals surface area contributed by atoms with Crippen molar-refractivity contribution in [3.63, 3.8) is 0 Å². The quantitative estimate of drug-likeness (QED) is 0.338.